The van der Waals surface area contributed by atoms with Crippen LogP contribution in [0.5, 0.6) is 0 Å². The molecule has 0 fully saturated rings. The molecule has 2 aromatic rings. The summed E-state index contributed by atoms with van der Waals surface area (Å²) in [5, 5.41) is 25.0. The minimum atomic E-state index is -0.842. The van der Waals surface area contributed by atoms with Crippen LogP contribution in [0.15, 0.2) is 12.4 Å². The number of nitrogens with zero attached hydrogens (tertiary/aromatic N) is 4. The predicted molar refractivity (Wildman–Crippen MR) is 57.4 cm³/mol. The Hall–Kier alpha value is -1.44. The number of aliphatic hydroxyl groups is 2. The summed E-state index contributed by atoms with van der Waals surface area (Å²) >= 11 is 5.79. The van der Waals surface area contributed by atoms with Crippen LogP contribution in [0.3, 0.4) is 0 Å². The molecule has 0 bridgehead atoms. The summed E-state index contributed by atoms with van der Waals surface area (Å²) in [6.07, 6.45) is 0.511. The van der Waals surface area contributed by atoms with Gasteiger partial charge in [0.2, 0.25) is 0 Å². The lowest BCUT2D eigenvalue weighted by atomic mass is 10.4. The van der Waals surface area contributed by atoms with Crippen LogP contribution in [0.4, 0.5) is 5.82 Å². The van der Waals surface area contributed by atoms with Crippen LogP contribution in [0.25, 0.3) is 5.78 Å². The molecule has 0 radical (unpaired) electrons. The highest BCUT2D eigenvalue weighted by Gasteiger charge is 2.07. The summed E-state index contributed by atoms with van der Waals surface area (Å²) < 4.78 is 1.45. The number of hydrogen-bond donors (Lipinski definition) is 3. The second kappa shape index (κ2) is 4.60. The van der Waals surface area contributed by atoms with E-state index in [-0.39, 0.29) is 18.3 Å². The minimum absolute atomic E-state index is 0.186. The Bertz CT molecular complexity index is 488. The number of halogens is 1. The van der Waals surface area contributed by atoms with Gasteiger partial charge < -0.3 is 15.5 Å². The van der Waals surface area contributed by atoms with Crippen LogP contribution < -0.4 is 5.32 Å². The van der Waals surface area contributed by atoms with E-state index >= 15 is 0 Å². The zero-order valence-electron chi connectivity index (χ0n) is 8.21. The van der Waals surface area contributed by atoms with Gasteiger partial charge in [-0.15, -0.1) is 0 Å². The fraction of sp³-hybridized carbons (Fsp3) is 0.375. The highest BCUT2D eigenvalue weighted by atomic mass is 35.5. The van der Waals surface area contributed by atoms with Crippen molar-refractivity contribution in [2.45, 2.75) is 6.10 Å². The SMILES string of the molecule is OCC(O)CNc1cc(Cl)nc2ncnn12. The fourth-order valence-electron chi connectivity index (χ4n) is 1.20. The highest BCUT2D eigenvalue weighted by Crippen LogP contribution is 2.14. The molecule has 8 heteroatoms. The Labute approximate surface area is 95.7 Å². The van der Waals surface area contributed by atoms with Crippen LogP contribution in [0.1, 0.15) is 0 Å². The van der Waals surface area contributed by atoms with Gasteiger partial charge in [0.05, 0.1) is 12.7 Å². The molecule has 0 aliphatic heterocycles. The monoisotopic (exact) mass is 243 g/mol. The second-order valence-electron chi connectivity index (χ2n) is 3.15. The molecule has 0 aliphatic rings. The van der Waals surface area contributed by atoms with Crippen LogP contribution in [-0.4, -0.2) is 49.1 Å². The van der Waals surface area contributed by atoms with Crippen molar-refractivity contribution in [3.63, 3.8) is 0 Å². The van der Waals surface area contributed by atoms with Gasteiger partial charge in [-0.1, -0.05) is 11.6 Å². The quantitative estimate of drug-likeness (QED) is 0.629. The Morgan fingerprint density at radius 1 is 1.56 bits per heavy atom. The van der Waals surface area contributed by atoms with Crippen LogP contribution >= 0.6 is 11.6 Å². The zero-order chi connectivity index (χ0) is 11.5. The van der Waals surface area contributed by atoms with Gasteiger partial charge >= 0.3 is 0 Å². The van der Waals surface area contributed by atoms with E-state index in [1.54, 1.807) is 6.07 Å². The summed E-state index contributed by atoms with van der Waals surface area (Å²) in [5.41, 5.74) is 0. The number of anilines is 1. The van der Waals surface area contributed by atoms with E-state index in [0.29, 0.717) is 11.6 Å². The average Bonchev–Trinajstić information content (AvgIpc) is 2.73. The Balaban J connectivity index is 2.25. The molecule has 0 amide bonds. The van der Waals surface area contributed by atoms with Crippen molar-refractivity contribution in [1.29, 1.82) is 0 Å². The third-order valence-electron chi connectivity index (χ3n) is 1.95. The van der Waals surface area contributed by atoms with Gasteiger partial charge in [-0.25, -0.2) is 0 Å². The Kier molecular flexibility index (Phi) is 3.18. The first-order valence-electron chi connectivity index (χ1n) is 4.60. The maximum atomic E-state index is 9.20. The molecule has 2 rings (SSSR count). The van der Waals surface area contributed by atoms with E-state index in [1.807, 2.05) is 0 Å². The number of fused-ring (bicyclic) bond motifs is 1. The summed E-state index contributed by atoms with van der Waals surface area (Å²) in [7, 11) is 0. The van der Waals surface area contributed by atoms with Crippen LogP contribution in [-0.2, 0) is 0 Å². The summed E-state index contributed by atoms with van der Waals surface area (Å²) in [5.74, 6) is 0.925. The average molecular weight is 244 g/mol. The van der Waals surface area contributed by atoms with Crippen molar-refractivity contribution in [2.24, 2.45) is 0 Å². The van der Waals surface area contributed by atoms with E-state index in [9.17, 15) is 5.11 Å². The second-order valence-corrected chi connectivity index (χ2v) is 3.54. The molecule has 1 atom stereocenters. The van der Waals surface area contributed by atoms with E-state index in [4.69, 9.17) is 16.7 Å². The standard InChI is InChI=1S/C8H10ClN5O2/c9-6-1-7(10-2-5(16)3-15)14-8(13-6)11-4-12-14/h1,4-5,10,15-16H,2-3H2. The van der Waals surface area contributed by atoms with Gasteiger partial charge in [0, 0.05) is 12.6 Å². The van der Waals surface area contributed by atoms with Crippen LogP contribution in [0, 0.1) is 0 Å². The van der Waals surface area contributed by atoms with Gasteiger partial charge in [0.15, 0.2) is 0 Å². The van der Waals surface area contributed by atoms with E-state index in [2.05, 4.69) is 20.4 Å². The first-order valence-corrected chi connectivity index (χ1v) is 4.97. The molecule has 86 valence electrons. The Morgan fingerprint density at radius 3 is 3.12 bits per heavy atom. The Morgan fingerprint density at radius 2 is 2.38 bits per heavy atom. The van der Waals surface area contributed by atoms with E-state index < -0.39 is 6.10 Å². The van der Waals surface area contributed by atoms with Gasteiger partial charge in [0.25, 0.3) is 5.78 Å². The van der Waals surface area contributed by atoms with Crippen molar-refractivity contribution < 1.29 is 10.2 Å². The number of hydrogen-bond acceptors (Lipinski definition) is 6. The summed E-state index contributed by atoms with van der Waals surface area (Å²) in [6.45, 7) is -0.127. The molecular formula is C8H10ClN5O2. The van der Waals surface area contributed by atoms with Gasteiger partial charge in [-0.05, 0) is 0 Å². The molecule has 16 heavy (non-hydrogen) atoms. The smallest absolute Gasteiger partial charge is 0.255 e. The molecule has 1 unspecified atom stereocenters. The van der Waals surface area contributed by atoms with Crippen molar-refractivity contribution in [1.82, 2.24) is 19.6 Å². The molecule has 0 saturated carbocycles. The summed E-state index contributed by atoms with van der Waals surface area (Å²) in [4.78, 5) is 7.84. The van der Waals surface area contributed by atoms with Crippen molar-refractivity contribution >= 4 is 23.2 Å². The lowest BCUT2D eigenvalue weighted by molar-refractivity contribution is 0.105. The number of nitrogens with one attached hydrogen (secondary N) is 1. The highest BCUT2D eigenvalue weighted by molar-refractivity contribution is 6.29. The molecule has 7 nitrogen and oxygen atoms in total. The largest absolute Gasteiger partial charge is 0.394 e. The van der Waals surface area contributed by atoms with Crippen molar-refractivity contribution in [3.05, 3.63) is 17.5 Å². The van der Waals surface area contributed by atoms with Gasteiger partial charge in [-0.3, -0.25) is 0 Å². The molecule has 3 N–H and O–H groups in total. The molecule has 0 aliphatic carbocycles. The number of aliphatic hydroxyl groups excluding tert-OH is 2. The molecule has 0 spiro atoms. The maximum Gasteiger partial charge on any atom is 0.255 e. The first-order chi connectivity index (χ1) is 7.70. The van der Waals surface area contributed by atoms with Crippen molar-refractivity contribution in [2.75, 3.05) is 18.5 Å². The molecular weight excluding hydrogens is 234 g/mol. The van der Waals surface area contributed by atoms with Gasteiger partial charge in [-0.2, -0.15) is 19.6 Å². The maximum absolute atomic E-state index is 9.20. The van der Waals surface area contributed by atoms with Gasteiger partial charge in [0.1, 0.15) is 17.3 Å². The normalized spacial score (nSPS) is 12.9. The van der Waals surface area contributed by atoms with Crippen LogP contribution in [0.2, 0.25) is 5.15 Å². The summed E-state index contributed by atoms with van der Waals surface area (Å²) in [6, 6.07) is 1.56. The zero-order valence-corrected chi connectivity index (χ0v) is 8.96. The third-order valence-corrected chi connectivity index (χ3v) is 2.14. The fourth-order valence-corrected chi connectivity index (χ4v) is 1.38. The molecule has 0 saturated heterocycles. The third kappa shape index (κ3) is 2.21. The first kappa shape index (κ1) is 11.1. The lowest BCUT2D eigenvalue weighted by Crippen LogP contribution is -2.24. The molecule has 0 aromatic carbocycles. The number of rotatable bonds is 4. The molecule has 2 heterocycles. The molecule has 2 aromatic heterocycles. The predicted octanol–water partition coefficient (Wildman–Crippen LogP) is -0.457. The lowest BCUT2D eigenvalue weighted by Gasteiger charge is -2.10. The van der Waals surface area contributed by atoms with Crippen molar-refractivity contribution in [3.8, 4) is 0 Å². The van der Waals surface area contributed by atoms with E-state index in [1.165, 1.54) is 10.8 Å². The topological polar surface area (TPSA) is 95.6 Å². The minimum Gasteiger partial charge on any atom is -0.394 e. The van der Waals surface area contributed by atoms with E-state index in [0.717, 1.165) is 0 Å². The number of aromatic nitrogens is 4.